The van der Waals surface area contributed by atoms with Crippen molar-refractivity contribution in [1.82, 2.24) is 0 Å². The Morgan fingerprint density at radius 2 is 1.45 bits per heavy atom. The van der Waals surface area contributed by atoms with Crippen LogP contribution in [0.15, 0.2) is 24.3 Å². The summed E-state index contributed by atoms with van der Waals surface area (Å²) >= 11 is 0. The average molecular weight is 549 g/mol. The van der Waals surface area contributed by atoms with Crippen molar-refractivity contribution in [3.8, 4) is 17.6 Å². The maximum Gasteiger partial charge on any atom is 0.192 e. The molecule has 1 aromatic rings. The first kappa shape index (κ1) is 34.7. The number of rotatable bonds is 19. The average Bonchev–Trinajstić information content (AvgIpc) is 2.88. The minimum Gasteiger partial charge on any atom is -0.497 e. The molecule has 2 N–H and O–H groups in total. The molecule has 0 aliphatic carbocycles. The van der Waals surface area contributed by atoms with Gasteiger partial charge < -0.3 is 24.1 Å². The van der Waals surface area contributed by atoms with Gasteiger partial charge in [-0.3, -0.25) is 0 Å². The van der Waals surface area contributed by atoms with Crippen molar-refractivity contribution < 1.29 is 24.1 Å². The van der Waals surface area contributed by atoms with Gasteiger partial charge in [0.25, 0.3) is 0 Å². The molecule has 0 radical (unpaired) electrons. The summed E-state index contributed by atoms with van der Waals surface area (Å²) in [5.41, 5.74) is 0.980. The first-order chi connectivity index (χ1) is 18.0. The van der Waals surface area contributed by atoms with Gasteiger partial charge >= 0.3 is 0 Å². The van der Waals surface area contributed by atoms with Crippen molar-refractivity contribution in [3.63, 3.8) is 0 Å². The second-order valence-corrected chi connectivity index (χ2v) is 16.8. The SMILES string of the molecule is CCCCCCC#CCCCCCC[C@H](O)[C@@H](O)C(CO[Si](C)(C)C(C)(C)C)OCc1ccc(OC)cc1. The molecule has 0 fully saturated rings. The zero-order valence-electron chi connectivity index (χ0n) is 25.4. The van der Waals surface area contributed by atoms with Crippen LogP contribution in [0.4, 0.5) is 0 Å². The molecular formula is C32H56O5Si. The highest BCUT2D eigenvalue weighted by Crippen LogP contribution is 2.36. The van der Waals surface area contributed by atoms with Gasteiger partial charge in [0.2, 0.25) is 0 Å². The van der Waals surface area contributed by atoms with Gasteiger partial charge in [-0.1, -0.05) is 78.4 Å². The zero-order chi connectivity index (χ0) is 28.4. The molecule has 0 bridgehead atoms. The largest absolute Gasteiger partial charge is 0.497 e. The number of hydrogen-bond acceptors (Lipinski definition) is 5. The minimum absolute atomic E-state index is 0.0521. The van der Waals surface area contributed by atoms with E-state index < -0.39 is 26.6 Å². The van der Waals surface area contributed by atoms with Gasteiger partial charge in [0.05, 0.1) is 26.4 Å². The van der Waals surface area contributed by atoms with Crippen LogP contribution >= 0.6 is 0 Å². The highest BCUT2D eigenvalue weighted by molar-refractivity contribution is 6.74. The summed E-state index contributed by atoms with van der Waals surface area (Å²) in [5.74, 6) is 7.37. The van der Waals surface area contributed by atoms with E-state index in [-0.39, 0.29) is 11.6 Å². The van der Waals surface area contributed by atoms with Crippen molar-refractivity contribution in [2.45, 2.75) is 141 Å². The zero-order valence-corrected chi connectivity index (χ0v) is 26.4. The van der Waals surface area contributed by atoms with Crippen molar-refractivity contribution in [2.24, 2.45) is 0 Å². The molecule has 0 aliphatic heterocycles. The molecule has 0 saturated carbocycles. The van der Waals surface area contributed by atoms with Crippen molar-refractivity contribution >= 4 is 8.32 Å². The normalized spacial score (nSPS) is 14.4. The lowest BCUT2D eigenvalue weighted by Gasteiger charge is -2.38. The van der Waals surface area contributed by atoms with E-state index in [0.717, 1.165) is 49.8 Å². The van der Waals surface area contributed by atoms with Gasteiger partial charge in [0.1, 0.15) is 18.0 Å². The van der Waals surface area contributed by atoms with Crippen molar-refractivity contribution in [2.75, 3.05) is 13.7 Å². The van der Waals surface area contributed by atoms with Gasteiger partial charge in [-0.25, -0.2) is 0 Å². The number of hydrogen-bond donors (Lipinski definition) is 2. The minimum atomic E-state index is -2.03. The third-order valence-electron chi connectivity index (χ3n) is 7.64. The predicted octanol–water partition coefficient (Wildman–Crippen LogP) is 7.64. The number of ether oxygens (including phenoxy) is 2. The number of benzene rings is 1. The number of aliphatic hydroxyl groups is 2. The first-order valence-corrected chi connectivity index (χ1v) is 17.6. The summed E-state index contributed by atoms with van der Waals surface area (Å²) in [4.78, 5) is 0. The molecule has 1 rings (SSSR count). The Labute approximate surface area is 234 Å². The molecule has 5 nitrogen and oxygen atoms in total. The highest BCUT2D eigenvalue weighted by atomic mass is 28.4. The van der Waals surface area contributed by atoms with E-state index in [1.807, 2.05) is 24.3 Å². The lowest BCUT2D eigenvalue weighted by atomic mass is 10.0. The number of methoxy groups -OCH3 is 1. The van der Waals surface area contributed by atoms with E-state index in [4.69, 9.17) is 13.9 Å². The fourth-order valence-electron chi connectivity index (χ4n) is 3.83. The molecule has 1 unspecified atom stereocenters. The van der Waals surface area contributed by atoms with Crippen LogP contribution in [0, 0.1) is 11.8 Å². The van der Waals surface area contributed by atoms with E-state index in [1.165, 1.54) is 25.7 Å². The summed E-state index contributed by atoms with van der Waals surface area (Å²) in [6, 6.07) is 7.68. The predicted molar refractivity (Wildman–Crippen MR) is 161 cm³/mol. The Morgan fingerprint density at radius 3 is 2.00 bits per heavy atom. The first-order valence-electron chi connectivity index (χ1n) is 14.7. The molecule has 0 amide bonds. The molecule has 0 saturated heterocycles. The number of aliphatic hydroxyl groups excluding tert-OH is 2. The molecule has 0 spiro atoms. The monoisotopic (exact) mass is 548 g/mol. The second kappa shape index (κ2) is 18.8. The van der Waals surface area contributed by atoms with Crippen LogP contribution in [0.1, 0.15) is 104 Å². The summed E-state index contributed by atoms with van der Waals surface area (Å²) in [6.45, 7) is 13.8. The lowest BCUT2D eigenvalue weighted by Crippen LogP contribution is -2.47. The molecular weight excluding hydrogens is 492 g/mol. The Balaban J connectivity index is 2.52. The Hall–Kier alpha value is -1.36. The maximum atomic E-state index is 11.0. The summed E-state index contributed by atoms with van der Waals surface area (Å²) < 4.78 is 17.7. The fraction of sp³-hybridized carbons (Fsp3) is 0.750. The van der Waals surface area contributed by atoms with Crippen LogP contribution in [0.5, 0.6) is 5.75 Å². The van der Waals surface area contributed by atoms with Crippen LogP contribution < -0.4 is 4.74 Å². The molecule has 6 heteroatoms. The van der Waals surface area contributed by atoms with E-state index in [1.54, 1.807) is 7.11 Å². The Kier molecular flexibility index (Phi) is 17.2. The van der Waals surface area contributed by atoms with Gasteiger partial charge in [-0.15, -0.1) is 11.8 Å². The molecule has 218 valence electrons. The third-order valence-corrected chi connectivity index (χ3v) is 12.1. The molecule has 38 heavy (non-hydrogen) atoms. The van der Waals surface area contributed by atoms with Gasteiger partial charge in [0.15, 0.2) is 8.32 Å². The highest BCUT2D eigenvalue weighted by Gasteiger charge is 2.39. The molecule has 0 aliphatic rings. The van der Waals surface area contributed by atoms with Gasteiger partial charge in [-0.05, 0) is 55.1 Å². The summed E-state index contributed by atoms with van der Waals surface area (Å²) in [7, 11) is -0.387. The Morgan fingerprint density at radius 1 is 0.868 bits per heavy atom. The van der Waals surface area contributed by atoms with Crippen molar-refractivity contribution in [1.29, 1.82) is 0 Å². The van der Waals surface area contributed by atoms with Gasteiger partial charge in [-0.2, -0.15) is 0 Å². The van der Waals surface area contributed by atoms with E-state index >= 15 is 0 Å². The van der Waals surface area contributed by atoms with Crippen LogP contribution in [-0.4, -0.2) is 50.6 Å². The van der Waals surface area contributed by atoms with Crippen LogP contribution in [0.2, 0.25) is 18.1 Å². The molecule has 3 atom stereocenters. The van der Waals surface area contributed by atoms with Crippen LogP contribution in [0.3, 0.4) is 0 Å². The van der Waals surface area contributed by atoms with E-state index in [0.29, 0.717) is 13.0 Å². The van der Waals surface area contributed by atoms with E-state index in [2.05, 4.69) is 52.6 Å². The summed E-state index contributed by atoms with van der Waals surface area (Å²) in [6.07, 6.45) is 9.23. The van der Waals surface area contributed by atoms with E-state index in [9.17, 15) is 10.2 Å². The quantitative estimate of drug-likeness (QED) is 0.106. The number of unbranched alkanes of at least 4 members (excludes halogenated alkanes) is 8. The summed E-state index contributed by atoms with van der Waals surface area (Å²) in [5, 5.41) is 21.9. The fourth-order valence-corrected chi connectivity index (χ4v) is 4.85. The smallest absolute Gasteiger partial charge is 0.192 e. The molecule has 1 aromatic carbocycles. The molecule has 0 heterocycles. The lowest BCUT2D eigenvalue weighted by molar-refractivity contribution is -0.112. The van der Waals surface area contributed by atoms with Gasteiger partial charge in [0, 0.05) is 12.8 Å². The van der Waals surface area contributed by atoms with Crippen LogP contribution in [-0.2, 0) is 15.8 Å². The van der Waals surface area contributed by atoms with Crippen molar-refractivity contribution in [3.05, 3.63) is 29.8 Å². The molecule has 0 aromatic heterocycles. The second-order valence-electron chi connectivity index (χ2n) is 11.9. The standard InChI is InChI=1S/C32H56O5Si/c1-8-9-10-11-12-13-14-15-16-17-18-19-20-29(33)31(34)30(26-37-38(6,7)32(2,3)4)36-25-27-21-23-28(35-5)24-22-27/h21-24,29-31,33-34H,8-12,15-20,25-26H2,1-7H3/t29-,30?,31+/m0/s1. The third kappa shape index (κ3) is 14.1. The topological polar surface area (TPSA) is 68.2 Å². The maximum absolute atomic E-state index is 11.0. The Bertz CT molecular complexity index is 791. The van der Waals surface area contributed by atoms with Crippen LogP contribution in [0.25, 0.3) is 0 Å².